The Balaban J connectivity index is 0.799. The molecule has 414 valence electrons. The molecule has 0 fully saturated rings. The second kappa shape index (κ2) is 20.4. The van der Waals surface area contributed by atoms with Crippen LogP contribution >= 0.6 is 0 Å². The molecule has 0 spiro atoms. The predicted molar refractivity (Wildman–Crippen MR) is 374 cm³/mol. The second-order valence-electron chi connectivity index (χ2n) is 23.4. The van der Waals surface area contributed by atoms with E-state index in [4.69, 9.17) is 8.83 Å². The van der Waals surface area contributed by atoms with E-state index < -0.39 is 0 Å². The van der Waals surface area contributed by atoms with E-state index in [2.05, 4.69) is 326 Å². The zero-order chi connectivity index (χ0) is 58.5. The zero-order valence-electron chi connectivity index (χ0n) is 48.4. The Morgan fingerprint density at radius 2 is 0.449 bits per heavy atom. The average molecular weight is 1130 g/mol. The molecule has 3 heterocycles. The highest BCUT2D eigenvalue weighted by molar-refractivity contribution is 6.22. The van der Waals surface area contributed by atoms with Gasteiger partial charge in [0.25, 0.3) is 0 Å². The Labute approximate surface area is 513 Å². The monoisotopic (exact) mass is 1130 g/mol. The third-order valence-corrected chi connectivity index (χ3v) is 18.4. The van der Waals surface area contributed by atoms with E-state index in [0.717, 1.165) is 116 Å². The van der Waals surface area contributed by atoms with Crippen molar-refractivity contribution in [1.82, 2.24) is 4.57 Å². The number of aromatic nitrogens is 1. The topological polar surface area (TPSA) is 31.2 Å². The Hall–Kier alpha value is -11.8. The van der Waals surface area contributed by atoms with Crippen molar-refractivity contribution in [3.8, 4) is 94.7 Å². The fraction of sp³-hybridized carbons (Fsp3) is 0. The number of rotatable bonds is 9. The van der Waals surface area contributed by atoms with Gasteiger partial charge in [-0.3, -0.25) is 0 Å². The summed E-state index contributed by atoms with van der Waals surface area (Å²) >= 11 is 0. The van der Waals surface area contributed by atoms with Gasteiger partial charge in [0, 0.05) is 60.3 Å². The van der Waals surface area contributed by atoms with Gasteiger partial charge in [0.15, 0.2) is 0 Å². The second-order valence-corrected chi connectivity index (χ2v) is 23.4. The lowest BCUT2D eigenvalue weighted by atomic mass is 9.86. The Bertz CT molecular complexity index is 5480. The molecule has 3 aromatic heterocycles. The highest BCUT2D eigenvalue weighted by Gasteiger charge is 2.23. The smallest absolute Gasteiger partial charge is 0.143 e. The maximum Gasteiger partial charge on any atom is 0.143 e. The average Bonchev–Trinajstić information content (AvgIpc) is 1.82. The Kier molecular flexibility index (Phi) is 11.6. The number of benzene rings is 15. The first-order valence-electron chi connectivity index (χ1n) is 30.5. The van der Waals surface area contributed by atoms with Crippen molar-refractivity contribution in [2.45, 2.75) is 0 Å². The molecule has 0 unspecified atom stereocenters. The summed E-state index contributed by atoms with van der Waals surface area (Å²) in [5.74, 6) is 0. The molecule has 0 aliphatic carbocycles. The van der Waals surface area contributed by atoms with Crippen molar-refractivity contribution in [3.63, 3.8) is 0 Å². The third-order valence-electron chi connectivity index (χ3n) is 18.4. The molecule has 0 radical (unpaired) electrons. The molecule has 3 heteroatoms. The van der Waals surface area contributed by atoms with Crippen LogP contribution in [0.3, 0.4) is 0 Å². The van der Waals surface area contributed by atoms with E-state index in [1.807, 2.05) is 0 Å². The first-order chi connectivity index (χ1) is 44.1. The van der Waals surface area contributed by atoms with E-state index in [0.29, 0.717) is 0 Å². The normalized spacial score (nSPS) is 11.8. The van der Waals surface area contributed by atoms with Gasteiger partial charge in [-0.2, -0.15) is 0 Å². The number of fused-ring (bicyclic) bond motifs is 11. The molecular formula is C86H53NO2. The van der Waals surface area contributed by atoms with E-state index >= 15 is 0 Å². The van der Waals surface area contributed by atoms with Crippen LogP contribution < -0.4 is 0 Å². The van der Waals surface area contributed by atoms with Crippen LogP contribution in [0.15, 0.2) is 330 Å². The van der Waals surface area contributed by atoms with Crippen LogP contribution in [-0.4, -0.2) is 4.57 Å². The Morgan fingerprint density at radius 1 is 0.180 bits per heavy atom. The van der Waals surface area contributed by atoms with Crippen molar-refractivity contribution in [2.75, 3.05) is 0 Å². The maximum absolute atomic E-state index is 7.13. The molecule has 18 aromatic rings. The van der Waals surface area contributed by atoms with Gasteiger partial charge in [-0.15, -0.1) is 0 Å². The molecule has 0 amide bonds. The molecule has 15 aromatic carbocycles. The summed E-state index contributed by atoms with van der Waals surface area (Å²) in [6.45, 7) is 0. The lowest BCUT2D eigenvalue weighted by molar-refractivity contribution is 0.670. The van der Waals surface area contributed by atoms with Crippen LogP contribution in [0.4, 0.5) is 0 Å². The molecule has 0 aliphatic rings. The predicted octanol–water partition coefficient (Wildman–Crippen LogP) is 24.2. The van der Waals surface area contributed by atoms with Gasteiger partial charge in [0.2, 0.25) is 0 Å². The largest absolute Gasteiger partial charge is 0.455 e. The van der Waals surface area contributed by atoms with Crippen molar-refractivity contribution in [2.24, 2.45) is 0 Å². The van der Waals surface area contributed by atoms with Gasteiger partial charge in [-0.05, 0) is 125 Å². The quantitative estimate of drug-likeness (QED) is 0.135. The number of hydrogen-bond acceptors (Lipinski definition) is 2. The van der Waals surface area contributed by atoms with Crippen molar-refractivity contribution in [3.05, 3.63) is 322 Å². The summed E-state index contributed by atoms with van der Waals surface area (Å²) < 4.78 is 16.7. The molecule has 89 heavy (non-hydrogen) atoms. The van der Waals surface area contributed by atoms with Gasteiger partial charge in [-0.1, -0.05) is 285 Å². The van der Waals surface area contributed by atoms with E-state index in [-0.39, 0.29) is 0 Å². The lowest BCUT2D eigenvalue weighted by Gasteiger charge is -2.18. The molecule has 0 atom stereocenters. The fourth-order valence-corrected chi connectivity index (χ4v) is 14.3. The van der Waals surface area contributed by atoms with Crippen LogP contribution in [-0.2, 0) is 0 Å². The molecule has 0 saturated heterocycles. The zero-order valence-corrected chi connectivity index (χ0v) is 48.4. The summed E-state index contributed by atoms with van der Waals surface area (Å²) in [6, 6.07) is 117. The van der Waals surface area contributed by atoms with Crippen molar-refractivity contribution < 1.29 is 8.83 Å². The minimum Gasteiger partial charge on any atom is -0.455 e. The molecule has 18 rings (SSSR count). The van der Waals surface area contributed by atoms with Gasteiger partial charge < -0.3 is 13.4 Å². The molecule has 0 bridgehead atoms. The van der Waals surface area contributed by atoms with Crippen LogP contribution in [0.1, 0.15) is 0 Å². The molecular weight excluding hydrogens is 1080 g/mol. The summed E-state index contributed by atoms with van der Waals surface area (Å²) in [6.07, 6.45) is 0. The SMILES string of the molecule is c1ccc(-c2ccc(-c3cccc4c3oc3c(-c5ccc6c(c5)c5cc(-c7cccc8c7oc7c(-c9ccc(-c%10ccccc%10)cc9)cccc78)ccc5n6-c5ccc(-c6c7ccccc7c(-c7ccccc7)c7ccccc67)cc5)cccc34)cc2)cc1. The number of para-hydroxylation sites is 4. The lowest BCUT2D eigenvalue weighted by Crippen LogP contribution is -1.95. The van der Waals surface area contributed by atoms with Crippen molar-refractivity contribution >= 4 is 87.2 Å². The van der Waals surface area contributed by atoms with Gasteiger partial charge in [-0.25, -0.2) is 0 Å². The summed E-state index contributed by atoms with van der Waals surface area (Å²) in [5, 5.41) is 11.6. The first-order valence-corrected chi connectivity index (χ1v) is 30.5. The molecule has 0 N–H and O–H groups in total. The van der Waals surface area contributed by atoms with E-state index in [9.17, 15) is 0 Å². The fourth-order valence-electron chi connectivity index (χ4n) is 14.3. The van der Waals surface area contributed by atoms with Crippen LogP contribution in [0, 0.1) is 0 Å². The Morgan fingerprint density at radius 3 is 0.820 bits per heavy atom. The van der Waals surface area contributed by atoms with Crippen molar-refractivity contribution in [1.29, 1.82) is 0 Å². The van der Waals surface area contributed by atoms with Gasteiger partial charge in [0.05, 0.1) is 11.0 Å². The van der Waals surface area contributed by atoms with Gasteiger partial charge >= 0.3 is 0 Å². The van der Waals surface area contributed by atoms with Crippen LogP contribution in [0.2, 0.25) is 0 Å². The first kappa shape index (κ1) is 50.5. The molecule has 0 saturated carbocycles. The number of furan rings is 2. The standard InChI is InChI=1S/C86H53NO2/c1-4-18-54(19-5-1)56-36-40-58(41-37-56)65-28-14-32-73-75-34-16-30-67(85(75)88-83(65)73)62-46-50-79-77(52-62)78-53-63(68-31-17-35-76-74-33-15-29-66(84(74)89-86(68)76)59-42-38-57(39-43-59)55-20-6-2-7-21-55)47-51-80(78)87(79)64-48-44-61(45-49-64)82-71-26-12-10-24-69(71)81(60-22-8-3-9-23-60)70-25-11-13-27-72(70)82/h1-53H. The maximum atomic E-state index is 7.13. The minimum atomic E-state index is 0.871. The molecule has 0 aliphatic heterocycles. The summed E-state index contributed by atoms with van der Waals surface area (Å²) in [7, 11) is 0. The molecule has 3 nitrogen and oxygen atoms in total. The summed E-state index contributed by atoms with van der Waals surface area (Å²) in [5.41, 5.74) is 25.1. The van der Waals surface area contributed by atoms with E-state index in [1.165, 1.54) is 66.1 Å². The minimum absolute atomic E-state index is 0.871. The highest BCUT2D eigenvalue weighted by Crippen LogP contribution is 2.47. The van der Waals surface area contributed by atoms with Crippen LogP contribution in [0.5, 0.6) is 0 Å². The number of hydrogen-bond donors (Lipinski definition) is 0. The third kappa shape index (κ3) is 8.20. The van der Waals surface area contributed by atoms with Gasteiger partial charge in [0.1, 0.15) is 22.3 Å². The van der Waals surface area contributed by atoms with Crippen LogP contribution in [0.25, 0.3) is 182 Å². The summed E-state index contributed by atoms with van der Waals surface area (Å²) in [4.78, 5) is 0. The number of nitrogens with zero attached hydrogens (tertiary/aromatic N) is 1. The highest BCUT2D eigenvalue weighted by atomic mass is 16.3. The van der Waals surface area contributed by atoms with E-state index in [1.54, 1.807) is 0 Å².